The molecule has 1 aromatic rings. The molecule has 0 aromatic heterocycles. The molecule has 4 nitrogen and oxygen atoms in total. The molecule has 4 heteroatoms. The van der Waals surface area contributed by atoms with E-state index in [0.29, 0.717) is 6.61 Å². The zero-order chi connectivity index (χ0) is 11.4. The smallest absolute Gasteiger partial charge is 0.344 e. The predicted octanol–water partition coefficient (Wildman–Crippen LogP) is 1.21. The lowest BCUT2D eigenvalue weighted by molar-refractivity contribution is -0.150. The summed E-state index contributed by atoms with van der Waals surface area (Å²) in [6, 6.07) is 9.58. The van der Waals surface area contributed by atoms with Crippen molar-refractivity contribution in [3.8, 4) is 0 Å². The predicted molar refractivity (Wildman–Crippen MR) is 55.3 cm³/mol. The first kappa shape index (κ1) is 10.6. The van der Waals surface area contributed by atoms with E-state index in [1.165, 1.54) is 0 Å². The van der Waals surface area contributed by atoms with Crippen LogP contribution in [0.1, 0.15) is 5.56 Å². The minimum atomic E-state index is -0.622. The van der Waals surface area contributed by atoms with Gasteiger partial charge in [-0.3, -0.25) is 0 Å². The Hall–Kier alpha value is -1.94. The van der Waals surface area contributed by atoms with Gasteiger partial charge in [0.15, 0.2) is 0 Å². The lowest BCUT2D eigenvalue weighted by atomic mass is 10.2. The summed E-state index contributed by atoms with van der Waals surface area (Å²) in [6.07, 6.45) is 1.16. The van der Waals surface area contributed by atoms with Gasteiger partial charge in [0.2, 0.25) is 0 Å². The van der Waals surface area contributed by atoms with Gasteiger partial charge < -0.3 is 9.47 Å². The molecular formula is C12H10O4. The van der Waals surface area contributed by atoms with Crippen LogP contribution in [0.5, 0.6) is 0 Å². The minimum Gasteiger partial charge on any atom is -0.386 e. The van der Waals surface area contributed by atoms with Crippen molar-refractivity contribution in [3.63, 3.8) is 0 Å². The number of ether oxygens (including phenoxy) is 2. The Morgan fingerprint density at radius 1 is 1.06 bits per heavy atom. The number of rotatable bonds is 4. The molecular weight excluding hydrogens is 208 g/mol. The van der Waals surface area contributed by atoms with Crippen LogP contribution in [0.25, 0.3) is 0 Å². The van der Waals surface area contributed by atoms with Crippen LogP contribution in [0.2, 0.25) is 0 Å². The molecule has 0 aliphatic carbocycles. The molecule has 0 amide bonds. The Morgan fingerprint density at radius 3 is 2.44 bits per heavy atom. The van der Waals surface area contributed by atoms with Crippen LogP contribution in [-0.2, 0) is 25.7 Å². The van der Waals surface area contributed by atoms with Crippen molar-refractivity contribution in [2.24, 2.45) is 0 Å². The standard InChI is InChI=1S/C12H10O4/c13-11-6-10(12(14)16-11)8-15-7-9-4-2-1-3-5-9/h1-6H,7-8H2. The molecule has 82 valence electrons. The molecule has 16 heavy (non-hydrogen) atoms. The van der Waals surface area contributed by atoms with Crippen LogP contribution in [-0.4, -0.2) is 18.5 Å². The largest absolute Gasteiger partial charge is 0.386 e. The van der Waals surface area contributed by atoms with Crippen molar-refractivity contribution < 1.29 is 19.1 Å². The first-order valence-corrected chi connectivity index (χ1v) is 4.84. The number of carbonyl (C=O) groups excluding carboxylic acids is 2. The van der Waals surface area contributed by atoms with E-state index in [4.69, 9.17) is 4.74 Å². The first-order chi connectivity index (χ1) is 7.75. The van der Waals surface area contributed by atoms with Gasteiger partial charge in [0.25, 0.3) is 0 Å². The van der Waals surface area contributed by atoms with Crippen LogP contribution >= 0.6 is 0 Å². The maximum absolute atomic E-state index is 11.0. The zero-order valence-corrected chi connectivity index (χ0v) is 8.51. The summed E-state index contributed by atoms with van der Waals surface area (Å²) in [5, 5.41) is 0. The van der Waals surface area contributed by atoms with Crippen molar-refractivity contribution >= 4 is 11.9 Å². The average molecular weight is 218 g/mol. The molecule has 0 atom stereocenters. The fourth-order valence-electron chi connectivity index (χ4n) is 1.34. The summed E-state index contributed by atoms with van der Waals surface area (Å²) in [6.45, 7) is 0.499. The molecule has 0 spiro atoms. The Bertz CT molecular complexity index is 434. The highest BCUT2D eigenvalue weighted by atomic mass is 16.6. The SMILES string of the molecule is O=C1C=C(COCc2ccccc2)C(=O)O1. The summed E-state index contributed by atoms with van der Waals surface area (Å²) in [4.78, 5) is 21.8. The summed E-state index contributed by atoms with van der Waals surface area (Å²) < 4.78 is 9.63. The Morgan fingerprint density at radius 2 is 1.81 bits per heavy atom. The monoisotopic (exact) mass is 218 g/mol. The van der Waals surface area contributed by atoms with E-state index in [-0.39, 0.29) is 12.2 Å². The van der Waals surface area contributed by atoms with Gasteiger partial charge in [-0.25, -0.2) is 9.59 Å². The maximum Gasteiger partial charge on any atom is 0.344 e. The second-order valence-electron chi connectivity index (χ2n) is 3.36. The van der Waals surface area contributed by atoms with Crippen molar-refractivity contribution in [2.75, 3.05) is 6.61 Å². The average Bonchev–Trinajstić information content (AvgIpc) is 2.59. The fourth-order valence-corrected chi connectivity index (χ4v) is 1.34. The number of benzene rings is 1. The van der Waals surface area contributed by atoms with E-state index in [2.05, 4.69) is 4.74 Å². The van der Waals surface area contributed by atoms with Crippen LogP contribution in [0, 0.1) is 0 Å². The normalized spacial score (nSPS) is 14.9. The second-order valence-corrected chi connectivity index (χ2v) is 3.36. The van der Waals surface area contributed by atoms with E-state index in [9.17, 15) is 9.59 Å². The fraction of sp³-hybridized carbons (Fsp3) is 0.167. The van der Waals surface area contributed by atoms with E-state index < -0.39 is 11.9 Å². The van der Waals surface area contributed by atoms with Gasteiger partial charge in [-0.05, 0) is 5.56 Å². The third-order valence-corrected chi connectivity index (χ3v) is 2.12. The van der Waals surface area contributed by atoms with Crippen molar-refractivity contribution in [2.45, 2.75) is 6.61 Å². The highest BCUT2D eigenvalue weighted by Crippen LogP contribution is 2.09. The molecule has 0 unspecified atom stereocenters. The van der Waals surface area contributed by atoms with Crippen LogP contribution in [0.3, 0.4) is 0 Å². The van der Waals surface area contributed by atoms with Gasteiger partial charge in [-0.2, -0.15) is 0 Å². The third kappa shape index (κ3) is 2.55. The lowest BCUT2D eigenvalue weighted by Crippen LogP contribution is -2.07. The number of hydrogen-bond acceptors (Lipinski definition) is 4. The Labute approximate surface area is 92.5 Å². The van der Waals surface area contributed by atoms with Crippen molar-refractivity contribution in [1.29, 1.82) is 0 Å². The molecule has 0 bridgehead atoms. The van der Waals surface area contributed by atoms with Gasteiger partial charge in [-0.1, -0.05) is 30.3 Å². The summed E-state index contributed by atoms with van der Waals surface area (Å²) in [5.74, 6) is -1.23. The highest BCUT2D eigenvalue weighted by molar-refractivity contribution is 6.08. The van der Waals surface area contributed by atoms with Crippen LogP contribution in [0.15, 0.2) is 42.0 Å². The Balaban J connectivity index is 1.83. The van der Waals surface area contributed by atoms with Gasteiger partial charge >= 0.3 is 11.9 Å². The summed E-state index contributed by atoms with van der Waals surface area (Å²) in [7, 11) is 0. The molecule has 0 saturated carbocycles. The number of hydrogen-bond donors (Lipinski definition) is 0. The topological polar surface area (TPSA) is 52.6 Å². The van der Waals surface area contributed by atoms with E-state index in [1.807, 2.05) is 30.3 Å². The van der Waals surface area contributed by atoms with Crippen LogP contribution in [0.4, 0.5) is 0 Å². The minimum absolute atomic E-state index is 0.0967. The third-order valence-electron chi connectivity index (χ3n) is 2.12. The van der Waals surface area contributed by atoms with Gasteiger partial charge in [-0.15, -0.1) is 0 Å². The van der Waals surface area contributed by atoms with E-state index in [0.717, 1.165) is 11.6 Å². The van der Waals surface area contributed by atoms with Gasteiger partial charge in [0.1, 0.15) is 0 Å². The van der Waals surface area contributed by atoms with Crippen molar-refractivity contribution in [3.05, 3.63) is 47.5 Å². The molecule has 2 rings (SSSR count). The molecule has 0 saturated heterocycles. The quantitative estimate of drug-likeness (QED) is 0.563. The molecule has 1 aromatic carbocycles. The first-order valence-electron chi connectivity index (χ1n) is 4.84. The van der Waals surface area contributed by atoms with Gasteiger partial charge in [0.05, 0.1) is 18.8 Å². The highest BCUT2D eigenvalue weighted by Gasteiger charge is 2.23. The van der Waals surface area contributed by atoms with Crippen LogP contribution < -0.4 is 0 Å². The molecule has 0 fully saturated rings. The summed E-state index contributed by atoms with van der Waals surface area (Å²) >= 11 is 0. The van der Waals surface area contributed by atoms with Gasteiger partial charge in [0, 0.05) is 6.08 Å². The number of cyclic esters (lactones) is 2. The second kappa shape index (κ2) is 4.72. The zero-order valence-electron chi connectivity index (χ0n) is 8.51. The van der Waals surface area contributed by atoms with E-state index >= 15 is 0 Å². The maximum atomic E-state index is 11.0. The molecule has 1 heterocycles. The molecule has 0 N–H and O–H groups in total. The molecule has 1 aliphatic rings. The lowest BCUT2D eigenvalue weighted by Gasteiger charge is -2.02. The number of esters is 2. The van der Waals surface area contributed by atoms with Crippen molar-refractivity contribution in [1.82, 2.24) is 0 Å². The molecule has 1 aliphatic heterocycles. The molecule has 0 radical (unpaired) electrons. The number of carbonyl (C=O) groups is 2. The summed E-state index contributed by atoms with van der Waals surface area (Å²) in [5.41, 5.74) is 1.28. The van der Waals surface area contributed by atoms with E-state index in [1.54, 1.807) is 0 Å². The Kier molecular flexibility index (Phi) is 3.12.